The number of ether oxygens (including phenoxy) is 3. The number of benzene rings is 2. The molecule has 6 unspecified atom stereocenters. The molecule has 1 aliphatic heterocycles. The van der Waals surface area contributed by atoms with Crippen LogP contribution in [-0.4, -0.2) is 43.1 Å². The maximum Gasteiger partial charge on any atom is 0.340 e. The second-order valence-electron chi connectivity index (χ2n) is 10.9. The molecule has 1 saturated heterocycles. The summed E-state index contributed by atoms with van der Waals surface area (Å²) >= 11 is 4.14. The Morgan fingerprint density at radius 1 is 1.00 bits per heavy atom. The molecule has 0 radical (unpaired) electrons. The summed E-state index contributed by atoms with van der Waals surface area (Å²) in [6.45, 7) is 0. The van der Waals surface area contributed by atoms with Crippen molar-refractivity contribution in [3.05, 3.63) is 54.7 Å². The third kappa shape index (κ3) is 4.96. The normalized spacial score (nSPS) is 29.3. The first kappa shape index (κ1) is 28.3. The molecule has 0 amide bonds. The number of halogens is 2. The van der Waals surface area contributed by atoms with Gasteiger partial charge in [0, 0.05) is 19.0 Å². The summed E-state index contributed by atoms with van der Waals surface area (Å²) in [7, 11) is -4.71. The van der Waals surface area contributed by atoms with Crippen LogP contribution < -0.4 is 4.74 Å². The lowest BCUT2D eigenvalue weighted by atomic mass is 9.78. The Hall–Kier alpha value is -1.78. The monoisotopic (exact) mass is 791 g/mol. The lowest BCUT2D eigenvalue weighted by Gasteiger charge is -2.30. The average molecular weight is 791 g/mol. The topological polar surface area (TPSA) is 136 Å². The van der Waals surface area contributed by atoms with Crippen LogP contribution in [0.1, 0.15) is 60.4 Å². The standard InChI is InChI=1S/C28H26I2O9S/c29-18-7-4-8-19(30)23(18)28(33)39-25-16-12-17-22(27(32)38-24(17)25)21(16)26(31)37-14-9-10-20(40(34,35)36)15(11-14)13-5-2-1-3-6-13/h4,7-11,13,16-17,21-22,24-25H,1-3,5-6,12H2,(H,34,35,36)/p-1. The number of rotatable bonds is 6. The summed E-state index contributed by atoms with van der Waals surface area (Å²) in [5.41, 5.74) is 0.794. The van der Waals surface area contributed by atoms with E-state index in [1.807, 2.05) is 6.07 Å². The van der Waals surface area contributed by atoms with Gasteiger partial charge >= 0.3 is 17.9 Å². The lowest BCUT2D eigenvalue weighted by molar-refractivity contribution is -0.149. The third-order valence-electron chi connectivity index (χ3n) is 8.74. The molecule has 0 N–H and O–H groups in total. The van der Waals surface area contributed by atoms with E-state index in [2.05, 4.69) is 45.2 Å². The van der Waals surface area contributed by atoms with Crippen LogP contribution in [0, 0.1) is 30.8 Å². The second kappa shape index (κ2) is 10.8. The van der Waals surface area contributed by atoms with Crippen LogP contribution in [0.15, 0.2) is 41.3 Å². The molecule has 40 heavy (non-hydrogen) atoms. The molecule has 2 bridgehead atoms. The van der Waals surface area contributed by atoms with Gasteiger partial charge in [-0.15, -0.1) is 0 Å². The molecule has 0 aromatic heterocycles. The molecule has 0 spiro atoms. The second-order valence-corrected chi connectivity index (χ2v) is 14.6. The van der Waals surface area contributed by atoms with Gasteiger partial charge in [-0.2, -0.15) is 0 Å². The van der Waals surface area contributed by atoms with E-state index < -0.39 is 58.0 Å². The van der Waals surface area contributed by atoms with E-state index in [1.165, 1.54) is 18.2 Å². The zero-order chi connectivity index (χ0) is 28.3. The quantitative estimate of drug-likeness (QED) is 0.175. The van der Waals surface area contributed by atoms with E-state index in [0.717, 1.165) is 39.2 Å². The van der Waals surface area contributed by atoms with Gasteiger partial charge in [-0.05, 0) is 106 Å². The molecule has 12 heteroatoms. The molecule has 6 rings (SSSR count). The minimum atomic E-state index is -4.71. The first-order chi connectivity index (χ1) is 19.0. The molecule has 1 heterocycles. The van der Waals surface area contributed by atoms with Gasteiger partial charge in [0.2, 0.25) is 0 Å². The first-order valence-electron chi connectivity index (χ1n) is 13.2. The van der Waals surface area contributed by atoms with E-state index in [4.69, 9.17) is 14.2 Å². The van der Waals surface area contributed by atoms with Crippen molar-refractivity contribution < 1.29 is 41.6 Å². The number of esters is 3. The van der Waals surface area contributed by atoms with E-state index in [-0.39, 0.29) is 22.5 Å². The highest BCUT2D eigenvalue weighted by molar-refractivity contribution is 14.1. The van der Waals surface area contributed by atoms with E-state index in [9.17, 15) is 27.4 Å². The molecule has 4 fully saturated rings. The van der Waals surface area contributed by atoms with Crippen molar-refractivity contribution in [1.82, 2.24) is 0 Å². The fourth-order valence-corrected chi connectivity index (χ4v) is 9.78. The Morgan fingerprint density at radius 3 is 2.38 bits per heavy atom. The maximum absolute atomic E-state index is 13.6. The Balaban J connectivity index is 1.26. The summed E-state index contributed by atoms with van der Waals surface area (Å²) in [4.78, 5) is 39.3. The minimum Gasteiger partial charge on any atom is -0.744 e. The molecule has 212 valence electrons. The summed E-state index contributed by atoms with van der Waals surface area (Å²) in [5.74, 6) is -3.97. The zero-order valence-corrected chi connectivity index (χ0v) is 26.2. The SMILES string of the molecule is O=C(OC1C2CC3C1OC(=O)C3C2C(=O)Oc1ccc(S(=O)(=O)[O-])c(C2CCCCC2)c1)c1c(I)cccc1I. The molecule has 4 aliphatic rings. The lowest BCUT2D eigenvalue weighted by Crippen LogP contribution is -2.44. The molecule has 9 nitrogen and oxygen atoms in total. The highest BCUT2D eigenvalue weighted by Crippen LogP contribution is 2.59. The first-order valence-corrected chi connectivity index (χ1v) is 16.8. The van der Waals surface area contributed by atoms with Crippen LogP contribution in [0.5, 0.6) is 5.75 Å². The van der Waals surface area contributed by atoms with Crippen molar-refractivity contribution >= 4 is 73.2 Å². The van der Waals surface area contributed by atoms with Crippen LogP contribution >= 0.6 is 45.2 Å². The van der Waals surface area contributed by atoms with Crippen molar-refractivity contribution in [2.24, 2.45) is 23.7 Å². The van der Waals surface area contributed by atoms with Crippen molar-refractivity contribution in [2.75, 3.05) is 0 Å². The molecule has 2 aromatic carbocycles. The van der Waals surface area contributed by atoms with Crippen LogP contribution in [0.4, 0.5) is 0 Å². The van der Waals surface area contributed by atoms with Crippen molar-refractivity contribution in [1.29, 1.82) is 0 Å². The Kier molecular flexibility index (Phi) is 7.66. The fraction of sp³-hybridized carbons (Fsp3) is 0.464. The zero-order valence-electron chi connectivity index (χ0n) is 21.1. The van der Waals surface area contributed by atoms with Crippen LogP contribution in [0.3, 0.4) is 0 Å². The average Bonchev–Trinajstić information content (AvgIpc) is 3.52. The predicted octanol–water partition coefficient (Wildman–Crippen LogP) is 4.79. The largest absolute Gasteiger partial charge is 0.744 e. The van der Waals surface area contributed by atoms with Gasteiger partial charge < -0.3 is 18.8 Å². The Bertz CT molecular complexity index is 1480. The Morgan fingerprint density at radius 2 is 1.70 bits per heavy atom. The molecular weight excluding hydrogens is 766 g/mol. The summed E-state index contributed by atoms with van der Waals surface area (Å²) < 4.78 is 54.6. The number of hydrogen-bond donors (Lipinski definition) is 0. The van der Waals surface area contributed by atoms with Gasteiger partial charge in [-0.1, -0.05) is 25.3 Å². The number of fused-ring (bicyclic) bond motifs is 1. The summed E-state index contributed by atoms with van der Waals surface area (Å²) in [6.07, 6.45) is 3.48. The van der Waals surface area contributed by atoms with Crippen LogP contribution in [0.25, 0.3) is 0 Å². The molecule has 3 saturated carbocycles. The third-order valence-corrected chi connectivity index (χ3v) is 11.5. The highest BCUT2D eigenvalue weighted by Gasteiger charge is 2.70. The highest BCUT2D eigenvalue weighted by atomic mass is 127. The number of carbonyl (C=O) groups excluding carboxylic acids is 3. The maximum atomic E-state index is 13.6. The minimum absolute atomic E-state index is 0.116. The molecule has 3 aliphatic carbocycles. The van der Waals surface area contributed by atoms with Crippen molar-refractivity contribution in [2.45, 2.75) is 61.5 Å². The van der Waals surface area contributed by atoms with Gasteiger partial charge in [-0.3, -0.25) is 9.59 Å². The molecule has 2 aromatic rings. The molecule has 6 atom stereocenters. The van der Waals surface area contributed by atoms with Gasteiger partial charge in [0.15, 0.2) is 0 Å². The summed E-state index contributed by atoms with van der Waals surface area (Å²) in [6, 6.07) is 9.41. The van der Waals surface area contributed by atoms with Crippen LogP contribution in [0.2, 0.25) is 0 Å². The predicted molar refractivity (Wildman–Crippen MR) is 155 cm³/mol. The Labute approximate surface area is 258 Å². The van der Waals surface area contributed by atoms with Crippen molar-refractivity contribution in [3.63, 3.8) is 0 Å². The van der Waals surface area contributed by atoms with Crippen molar-refractivity contribution in [3.8, 4) is 5.75 Å². The number of carbonyl (C=O) groups is 3. The van der Waals surface area contributed by atoms with Gasteiger partial charge in [0.1, 0.15) is 28.1 Å². The summed E-state index contributed by atoms with van der Waals surface area (Å²) in [5, 5.41) is 0. The molecular formula is C28H25I2O9S-. The van der Waals surface area contributed by atoms with Gasteiger partial charge in [-0.25, -0.2) is 13.2 Å². The smallest absolute Gasteiger partial charge is 0.340 e. The van der Waals surface area contributed by atoms with E-state index >= 15 is 0 Å². The fourth-order valence-electron chi connectivity index (χ4n) is 7.08. The number of hydrogen-bond acceptors (Lipinski definition) is 9. The van der Waals surface area contributed by atoms with Gasteiger partial charge in [0.25, 0.3) is 0 Å². The van der Waals surface area contributed by atoms with Gasteiger partial charge in [0.05, 0.1) is 22.3 Å². The van der Waals surface area contributed by atoms with E-state index in [0.29, 0.717) is 17.5 Å². The van der Waals surface area contributed by atoms with E-state index in [1.54, 1.807) is 12.1 Å². The van der Waals surface area contributed by atoms with Crippen LogP contribution in [-0.2, 0) is 29.2 Å².